The fourth-order valence-electron chi connectivity index (χ4n) is 1.13. The van der Waals surface area contributed by atoms with Gasteiger partial charge >= 0.3 is 6.09 Å². The first-order chi connectivity index (χ1) is 7.28. The van der Waals surface area contributed by atoms with Gasteiger partial charge in [-0.1, -0.05) is 6.07 Å². The molecule has 1 amide bonds. The maximum absolute atomic E-state index is 11.5. The van der Waals surface area contributed by atoms with Crippen LogP contribution in [-0.4, -0.2) is 16.7 Å². The molecule has 4 heteroatoms. The van der Waals surface area contributed by atoms with Gasteiger partial charge in [-0.25, -0.2) is 4.79 Å². The molecule has 0 aliphatic rings. The Morgan fingerprint density at radius 3 is 2.56 bits per heavy atom. The van der Waals surface area contributed by atoms with Crippen molar-refractivity contribution in [2.75, 3.05) is 0 Å². The standard InChI is InChI=1S/C12H17NO3/c1-8-5-6-9(14)7-10(8)16-11(15)13-12(2,3)4/h5-7,14H,1-4H3,(H,13,15). The lowest BCUT2D eigenvalue weighted by Gasteiger charge is -2.20. The Hall–Kier alpha value is -1.71. The van der Waals surface area contributed by atoms with Crippen LogP contribution in [0.2, 0.25) is 0 Å². The molecule has 1 rings (SSSR count). The Morgan fingerprint density at radius 1 is 1.38 bits per heavy atom. The van der Waals surface area contributed by atoms with Crippen LogP contribution < -0.4 is 10.1 Å². The molecule has 0 aromatic heterocycles. The lowest BCUT2D eigenvalue weighted by atomic mass is 10.1. The van der Waals surface area contributed by atoms with Gasteiger partial charge in [0.2, 0.25) is 0 Å². The number of aromatic hydroxyl groups is 1. The third-order valence-corrected chi connectivity index (χ3v) is 1.85. The van der Waals surface area contributed by atoms with E-state index in [2.05, 4.69) is 5.32 Å². The predicted molar refractivity (Wildman–Crippen MR) is 61.8 cm³/mol. The van der Waals surface area contributed by atoms with Crippen molar-refractivity contribution < 1.29 is 14.6 Å². The number of carbonyl (C=O) groups excluding carboxylic acids is 1. The second kappa shape index (κ2) is 4.43. The first-order valence-electron chi connectivity index (χ1n) is 5.07. The summed E-state index contributed by atoms with van der Waals surface area (Å²) in [5, 5.41) is 11.9. The second-order valence-corrected chi connectivity index (χ2v) is 4.71. The van der Waals surface area contributed by atoms with Crippen molar-refractivity contribution >= 4 is 6.09 Å². The van der Waals surface area contributed by atoms with Gasteiger partial charge < -0.3 is 15.2 Å². The van der Waals surface area contributed by atoms with Gasteiger partial charge in [0.15, 0.2) is 0 Å². The van der Waals surface area contributed by atoms with Gasteiger partial charge in [-0.2, -0.15) is 0 Å². The molecule has 0 aliphatic heterocycles. The summed E-state index contributed by atoms with van der Waals surface area (Å²) in [6.45, 7) is 7.40. The van der Waals surface area contributed by atoms with Crippen LogP contribution in [0.15, 0.2) is 18.2 Å². The fourth-order valence-corrected chi connectivity index (χ4v) is 1.13. The Balaban J connectivity index is 2.73. The number of aryl methyl sites for hydroxylation is 1. The maximum atomic E-state index is 11.5. The van der Waals surface area contributed by atoms with E-state index in [9.17, 15) is 9.90 Å². The van der Waals surface area contributed by atoms with E-state index >= 15 is 0 Å². The molecule has 88 valence electrons. The minimum atomic E-state index is -0.527. The topological polar surface area (TPSA) is 58.6 Å². The predicted octanol–water partition coefficient (Wildman–Crippen LogP) is 2.59. The highest BCUT2D eigenvalue weighted by Gasteiger charge is 2.16. The Bertz CT molecular complexity index is 394. The highest BCUT2D eigenvalue weighted by atomic mass is 16.6. The summed E-state index contributed by atoms with van der Waals surface area (Å²) in [7, 11) is 0. The Morgan fingerprint density at radius 2 is 2.00 bits per heavy atom. The van der Waals surface area contributed by atoms with Crippen LogP contribution in [0, 0.1) is 6.92 Å². The molecule has 0 aliphatic carbocycles. The average molecular weight is 223 g/mol. The number of amides is 1. The summed E-state index contributed by atoms with van der Waals surface area (Å²) in [5.74, 6) is 0.436. The van der Waals surface area contributed by atoms with Crippen molar-refractivity contribution in [3.8, 4) is 11.5 Å². The van der Waals surface area contributed by atoms with Gasteiger partial charge in [0.05, 0.1) is 0 Å². The number of benzene rings is 1. The molecule has 0 fully saturated rings. The minimum Gasteiger partial charge on any atom is -0.508 e. The van der Waals surface area contributed by atoms with Crippen LogP contribution in [0.4, 0.5) is 4.79 Å². The van der Waals surface area contributed by atoms with Gasteiger partial charge in [-0.15, -0.1) is 0 Å². The minimum absolute atomic E-state index is 0.0733. The SMILES string of the molecule is Cc1ccc(O)cc1OC(=O)NC(C)(C)C. The summed E-state index contributed by atoms with van der Waals surface area (Å²) in [6.07, 6.45) is -0.527. The molecule has 0 unspecified atom stereocenters. The van der Waals surface area contributed by atoms with Crippen LogP contribution >= 0.6 is 0 Å². The molecule has 1 aromatic carbocycles. The molecule has 0 radical (unpaired) electrons. The third kappa shape index (κ3) is 3.81. The van der Waals surface area contributed by atoms with E-state index < -0.39 is 6.09 Å². The van der Waals surface area contributed by atoms with Crippen LogP contribution in [0.5, 0.6) is 11.5 Å². The first-order valence-corrected chi connectivity index (χ1v) is 5.07. The van der Waals surface area contributed by atoms with Crippen molar-refractivity contribution in [2.24, 2.45) is 0 Å². The van der Waals surface area contributed by atoms with Crippen molar-refractivity contribution in [2.45, 2.75) is 33.2 Å². The molecule has 0 atom stereocenters. The van der Waals surface area contributed by atoms with E-state index in [0.29, 0.717) is 5.75 Å². The van der Waals surface area contributed by atoms with E-state index in [1.807, 2.05) is 20.8 Å². The monoisotopic (exact) mass is 223 g/mol. The molecule has 4 nitrogen and oxygen atoms in total. The van der Waals surface area contributed by atoms with E-state index in [4.69, 9.17) is 4.74 Å². The van der Waals surface area contributed by atoms with Crippen LogP contribution in [0.25, 0.3) is 0 Å². The van der Waals surface area contributed by atoms with Crippen molar-refractivity contribution in [1.82, 2.24) is 5.32 Å². The highest BCUT2D eigenvalue weighted by molar-refractivity contribution is 5.71. The summed E-state index contributed by atoms with van der Waals surface area (Å²) in [4.78, 5) is 11.5. The summed E-state index contributed by atoms with van der Waals surface area (Å²) in [5.41, 5.74) is 0.448. The first kappa shape index (κ1) is 12.4. The molecule has 16 heavy (non-hydrogen) atoms. The van der Waals surface area contributed by atoms with Gasteiger partial charge in [0, 0.05) is 11.6 Å². The number of phenolic OH excluding ortho intramolecular Hbond substituents is 1. The van der Waals surface area contributed by atoms with Crippen LogP contribution in [-0.2, 0) is 0 Å². The number of carbonyl (C=O) groups is 1. The second-order valence-electron chi connectivity index (χ2n) is 4.71. The average Bonchev–Trinajstić information content (AvgIpc) is 2.08. The van der Waals surface area contributed by atoms with Crippen LogP contribution in [0.1, 0.15) is 26.3 Å². The Labute approximate surface area is 95.2 Å². The molecule has 0 heterocycles. The maximum Gasteiger partial charge on any atom is 0.413 e. The van der Waals surface area contributed by atoms with Gasteiger partial charge in [-0.3, -0.25) is 0 Å². The molecular formula is C12H17NO3. The number of nitrogens with one attached hydrogen (secondary N) is 1. The third-order valence-electron chi connectivity index (χ3n) is 1.85. The normalized spacial score (nSPS) is 11.0. The fraction of sp³-hybridized carbons (Fsp3) is 0.417. The smallest absolute Gasteiger partial charge is 0.413 e. The molecular weight excluding hydrogens is 206 g/mol. The number of hydrogen-bond donors (Lipinski definition) is 2. The molecule has 0 saturated heterocycles. The molecule has 2 N–H and O–H groups in total. The number of hydrogen-bond acceptors (Lipinski definition) is 3. The summed E-state index contributed by atoms with van der Waals surface area (Å²) >= 11 is 0. The molecule has 0 saturated carbocycles. The zero-order valence-corrected chi connectivity index (χ0v) is 10.00. The lowest BCUT2D eigenvalue weighted by molar-refractivity contribution is 0.190. The van der Waals surface area contributed by atoms with E-state index in [-0.39, 0.29) is 11.3 Å². The van der Waals surface area contributed by atoms with E-state index in [1.54, 1.807) is 19.1 Å². The van der Waals surface area contributed by atoms with E-state index in [1.165, 1.54) is 6.07 Å². The van der Waals surface area contributed by atoms with Gasteiger partial charge in [-0.05, 0) is 39.3 Å². The van der Waals surface area contributed by atoms with Crippen molar-refractivity contribution in [3.63, 3.8) is 0 Å². The highest BCUT2D eigenvalue weighted by Crippen LogP contribution is 2.23. The van der Waals surface area contributed by atoms with Gasteiger partial charge in [0.25, 0.3) is 0 Å². The Kier molecular flexibility index (Phi) is 3.42. The van der Waals surface area contributed by atoms with Crippen LogP contribution in [0.3, 0.4) is 0 Å². The molecule has 0 bridgehead atoms. The zero-order chi connectivity index (χ0) is 12.3. The van der Waals surface area contributed by atoms with Crippen molar-refractivity contribution in [1.29, 1.82) is 0 Å². The summed E-state index contributed by atoms with van der Waals surface area (Å²) < 4.78 is 5.09. The largest absolute Gasteiger partial charge is 0.508 e. The summed E-state index contributed by atoms with van der Waals surface area (Å²) in [6, 6.07) is 4.65. The zero-order valence-electron chi connectivity index (χ0n) is 10.00. The quantitative estimate of drug-likeness (QED) is 0.769. The number of ether oxygens (including phenoxy) is 1. The number of phenols is 1. The molecule has 0 spiro atoms. The van der Waals surface area contributed by atoms with Gasteiger partial charge in [0.1, 0.15) is 11.5 Å². The number of rotatable bonds is 1. The lowest BCUT2D eigenvalue weighted by Crippen LogP contribution is -2.42. The van der Waals surface area contributed by atoms with Crippen molar-refractivity contribution in [3.05, 3.63) is 23.8 Å². The molecule has 1 aromatic rings. The van der Waals surface area contributed by atoms with E-state index in [0.717, 1.165) is 5.56 Å².